The zero-order valence-electron chi connectivity index (χ0n) is 11.7. The Balaban J connectivity index is 2.43. The van der Waals surface area contributed by atoms with Gasteiger partial charge in [0.2, 0.25) is 0 Å². The van der Waals surface area contributed by atoms with Crippen LogP contribution in [-0.4, -0.2) is 22.2 Å². The zero-order valence-corrected chi connectivity index (χ0v) is 11.7. The Kier molecular flexibility index (Phi) is 4.38. The number of rotatable bonds is 5. The van der Waals surface area contributed by atoms with Crippen LogP contribution in [0.5, 0.6) is 0 Å². The van der Waals surface area contributed by atoms with Crippen LogP contribution >= 0.6 is 0 Å². The lowest BCUT2D eigenvalue weighted by Gasteiger charge is -2.09. The highest BCUT2D eigenvalue weighted by atomic mass is 16.4. The van der Waals surface area contributed by atoms with E-state index in [-0.39, 0.29) is 11.1 Å². The van der Waals surface area contributed by atoms with E-state index in [0.29, 0.717) is 12.0 Å². The van der Waals surface area contributed by atoms with Gasteiger partial charge in [-0.3, -0.25) is 0 Å². The maximum Gasteiger partial charge on any atom is 0.335 e. The average molecular weight is 284 g/mol. The molecule has 0 fully saturated rings. The molecule has 0 unspecified atom stereocenters. The smallest absolute Gasteiger partial charge is 0.335 e. The number of hydrogen-bond acceptors (Lipinski definition) is 2. The van der Waals surface area contributed by atoms with Gasteiger partial charge < -0.3 is 10.2 Å². The largest absolute Gasteiger partial charge is 0.478 e. The van der Waals surface area contributed by atoms with Crippen molar-refractivity contribution in [2.24, 2.45) is 0 Å². The van der Waals surface area contributed by atoms with Crippen LogP contribution in [0.25, 0.3) is 0 Å². The highest BCUT2D eigenvalue weighted by Crippen LogP contribution is 2.18. The number of aryl methyl sites for hydroxylation is 1. The first-order chi connectivity index (χ1) is 10.0. The maximum atomic E-state index is 11.1. The highest BCUT2D eigenvalue weighted by Gasteiger charge is 2.12. The van der Waals surface area contributed by atoms with Gasteiger partial charge in [-0.15, -0.1) is 0 Å². The van der Waals surface area contributed by atoms with Gasteiger partial charge in [-0.05, 0) is 47.7 Å². The van der Waals surface area contributed by atoms with Crippen LogP contribution in [0.4, 0.5) is 0 Å². The minimum absolute atomic E-state index is 0.00104. The second kappa shape index (κ2) is 6.22. The number of benzene rings is 2. The van der Waals surface area contributed by atoms with Gasteiger partial charge in [-0.2, -0.15) is 0 Å². The summed E-state index contributed by atoms with van der Waals surface area (Å²) in [5.41, 5.74) is 2.94. The van der Waals surface area contributed by atoms with Crippen LogP contribution in [0.1, 0.15) is 44.3 Å². The Morgan fingerprint density at radius 3 is 1.90 bits per heavy atom. The lowest BCUT2D eigenvalue weighted by atomic mass is 9.96. The first-order valence-corrected chi connectivity index (χ1v) is 6.68. The van der Waals surface area contributed by atoms with Gasteiger partial charge >= 0.3 is 11.9 Å². The molecule has 0 aliphatic rings. The summed E-state index contributed by atoms with van der Waals surface area (Å²) >= 11 is 0. The average Bonchev–Trinajstić information content (AvgIpc) is 2.47. The molecule has 0 saturated heterocycles. The molecule has 0 aliphatic heterocycles. The fraction of sp³-hybridized carbons (Fsp3) is 0.176. The molecular weight excluding hydrogens is 268 g/mol. The van der Waals surface area contributed by atoms with Crippen molar-refractivity contribution in [1.82, 2.24) is 0 Å². The van der Waals surface area contributed by atoms with Crippen molar-refractivity contribution in [3.05, 3.63) is 70.3 Å². The molecule has 2 N–H and O–H groups in total. The molecule has 108 valence electrons. The highest BCUT2D eigenvalue weighted by molar-refractivity contribution is 5.94. The van der Waals surface area contributed by atoms with Gasteiger partial charge in [0.1, 0.15) is 0 Å². The molecule has 0 radical (unpaired) electrons. The molecule has 0 spiro atoms. The van der Waals surface area contributed by atoms with Crippen molar-refractivity contribution in [2.75, 3.05) is 0 Å². The Labute approximate surface area is 122 Å². The molecule has 0 heterocycles. The van der Waals surface area contributed by atoms with Crippen molar-refractivity contribution in [1.29, 1.82) is 0 Å². The van der Waals surface area contributed by atoms with E-state index >= 15 is 0 Å². The van der Waals surface area contributed by atoms with Crippen molar-refractivity contribution in [2.45, 2.75) is 19.8 Å². The Hall–Kier alpha value is -2.62. The van der Waals surface area contributed by atoms with Crippen LogP contribution < -0.4 is 0 Å². The van der Waals surface area contributed by atoms with E-state index in [9.17, 15) is 9.59 Å². The minimum atomic E-state index is -1.12. The van der Waals surface area contributed by atoms with Gasteiger partial charge in [0, 0.05) is 0 Å². The Bertz CT molecular complexity index is 657. The molecule has 4 heteroatoms. The SMILES string of the molecule is CCc1ccccc1Cc1cc(C(=O)O)cc(C(=O)O)c1. The summed E-state index contributed by atoms with van der Waals surface area (Å²) in [6.07, 6.45) is 1.39. The molecule has 0 saturated carbocycles. The molecule has 0 bridgehead atoms. The molecule has 0 atom stereocenters. The Morgan fingerprint density at radius 1 is 0.905 bits per heavy atom. The summed E-state index contributed by atoms with van der Waals surface area (Å²) in [4.78, 5) is 22.2. The standard InChI is InChI=1S/C17H16O4/c1-2-12-5-3-4-6-13(12)7-11-8-14(16(18)19)10-15(9-11)17(20)21/h3-6,8-10H,2,7H2,1H3,(H,18,19)(H,20,21). The fourth-order valence-electron chi connectivity index (χ4n) is 2.34. The van der Waals surface area contributed by atoms with Gasteiger partial charge in [0.05, 0.1) is 11.1 Å². The molecule has 0 aromatic heterocycles. The summed E-state index contributed by atoms with van der Waals surface area (Å²) in [5, 5.41) is 18.2. The van der Waals surface area contributed by atoms with Crippen LogP contribution in [0.2, 0.25) is 0 Å². The van der Waals surface area contributed by atoms with Crippen LogP contribution in [0, 0.1) is 0 Å². The Morgan fingerprint density at radius 2 is 1.43 bits per heavy atom. The second-order valence-electron chi connectivity index (χ2n) is 4.83. The number of carboxylic acid groups (broad SMARTS) is 2. The van der Waals surface area contributed by atoms with E-state index in [1.807, 2.05) is 24.3 Å². The predicted molar refractivity (Wildman–Crippen MR) is 79.0 cm³/mol. The van der Waals surface area contributed by atoms with E-state index < -0.39 is 11.9 Å². The van der Waals surface area contributed by atoms with Gasteiger partial charge in [-0.1, -0.05) is 31.2 Å². The van der Waals surface area contributed by atoms with Crippen molar-refractivity contribution in [3.63, 3.8) is 0 Å². The van der Waals surface area contributed by atoms with Crippen LogP contribution in [0.3, 0.4) is 0 Å². The molecule has 0 aliphatic carbocycles. The summed E-state index contributed by atoms with van der Waals surface area (Å²) < 4.78 is 0. The van der Waals surface area contributed by atoms with Crippen molar-refractivity contribution >= 4 is 11.9 Å². The van der Waals surface area contributed by atoms with Crippen molar-refractivity contribution < 1.29 is 19.8 Å². The topological polar surface area (TPSA) is 74.6 Å². The summed E-state index contributed by atoms with van der Waals surface area (Å²) in [5.74, 6) is -2.24. The molecule has 21 heavy (non-hydrogen) atoms. The first kappa shape index (κ1) is 14.8. The summed E-state index contributed by atoms with van der Waals surface area (Å²) in [7, 11) is 0. The normalized spacial score (nSPS) is 10.3. The third-order valence-electron chi connectivity index (χ3n) is 3.38. The number of aromatic carboxylic acids is 2. The number of carbonyl (C=O) groups is 2. The predicted octanol–water partition coefficient (Wildman–Crippen LogP) is 3.24. The van der Waals surface area contributed by atoms with E-state index in [1.165, 1.54) is 23.8 Å². The van der Waals surface area contributed by atoms with Gasteiger partial charge in [-0.25, -0.2) is 9.59 Å². The summed E-state index contributed by atoms with van der Waals surface area (Å²) in [6.45, 7) is 2.05. The first-order valence-electron chi connectivity index (χ1n) is 6.68. The number of carboxylic acids is 2. The minimum Gasteiger partial charge on any atom is -0.478 e. The van der Waals surface area contributed by atoms with Crippen LogP contribution in [-0.2, 0) is 12.8 Å². The lowest BCUT2D eigenvalue weighted by Crippen LogP contribution is -2.05. The van der Waals surface area contributed by atoms with Gasteiger partial charge in [0.25, 0.3) is 0 Å². The van der Waals surface area contributed by atoms with E-state index in [1.54, 1.807) is 0 Å². The molecule has 4 nitrogen and oxygen atoms in total. The maximum absolute atomic E-state index is 11.1. The lowest BCUT2D eigenvalue weighted by molar-refractivity contribution is 0.0696. The van der Waals surface area contributed by atoms with E-state index in [2.05, 4.69) is 6.92 Å². The second-order valence-corrected chi connectivity index (χ2v) is 4.83. The molecule has 2 aromatic rings. The third-order valence-corrected chi connectivity index (χ3v) is 3.38. The fourth-order valence-corrected chi connectivity index (χ4v) is 2.34. The summed E-state index contributed by atoms with van der Waals surface area (Å²) in [6, 6.07) is 12.1. The zero-order chi connectivity index (χ0) is 15.4. The van der Waals surface area contributed by atoms with E-state index in [0.717, 1.165) is 12.0 Å². The monoisotopic (exact) mass is 284 g/mol. The molecule has 0 amide bonds. The van der Waals surface area contributed by atoms with E-state index in [4.69, 9.17) is 10.2 Å². The van der Waals surface area contributed by atoms with Gasteiger partial charge in [0.15, 0.2) is 0 Å². The molecule has 2 aromatic carbocycles. The number of hydrogen-bond donors (Lipinski definition) is 2. The van der Waals surface area contributed by atoms with Crippen LogP contribution in [0.15, 0.2) is 42.5 Å². The molecule has 2 rings (SSSR count). The van der Waals surface area contributed by atoms with Crippen molar-refractivity contribution in [3.8, 4) is 0 Å². The quantitative estimate of drug-likeness (QED) is 0.884. The third kappa shape index (κ3) is 3.48. The molecular formula is C17H16O4.